The predicted molar refractivity (Wildman–Crippen MR) is 63.0 cm³/mol. The fourth-order valence-electron chi connectivity index (χ4n) is 1.39. The highest BCUT2D eigenvalue weighted by atomic mass is 15.3. The number of hydrogen-bond acceptors (Lipinski definition) is 5. The average Bonchev–Trinajstić information content (AvgIpc) is 2.72. The van der Waals surface area contributed by atoms with Gasteiger partial charge in [-0.05, 0) is 18.2 Å². The first-order chi connectivity index (χ1) is 8.24. The molecule has 6 nitrogen and oxygen atoms in total. The van der Waals surface area contributed by atoms with Gasteiger partial charge in [0.15, 0.2) is 0 Å². The number of nitriles is 2. The van der Waals surface area contributed by atoms with Crippen molar-refractivity contribution in [1.29, 1.82) is 10.5 Å². The number of nitrogens with zero attached hydrogens (tertiary/aromatic N) is 5. The lowest BCUT2D eigenvalue weighted by Gasteiger charge is -2.00. The van der Waals surface area contributed by atoms with Crippen LogP contribution < -0.4 is 5.43 Å². The molecule has 0 unspecified atom stereocenters. The molecule has 1 heterocycles. The first kappa shape index (κ1) is 10.7. The number of aryl methyl sites for hydroxylation is 1. The maximum atomic E-state index is 8.53. The molecule has 0 fully saturated rings. The van der Waals surface area contributed by atoms with Gasteiger partial charge in [0, 0.05) is 7.05 Å². The van der Waals surface area contributed by atoms with E-state index in [2.05, 4.69) is 15.5 Å². The Bertz CT molecular complexity index is 651. The van der Waals surface area contributed by atoms with E-state index in [0.717, 1.165) is 11.0 Å². The van der Waals surface area contributed by atoms with E-state index in [4.69, 9.17) is 10.5 Å². The highest BCUT2D eigenvalue weighted by molar-refractivity contribution is 6.10. The van der Waals surface area contributed by atoms with Crippen molar-refractivity contribution < 1.29 is 0 Å². The third-order valence-electron chi connectivity index (χ3n) is 2.23. The summed E-state index contributed by atoms with van der Waals surface area (Å²) in [5.41, 5.74) is 4.97. The fourth-order valence-corrected chi connectivity index (χ4v) is 1.39. The minimum atomic E-state index is -0.213. The summed E-state index contributed by atoms with van der Waals surface area (Å²) in [6.45, 7) is 0. The molecule has 0 atom stereocenters. The Morgan fingerprint density at radius 1 is 1.41 bits per heavy atom. The lowest BCUT2D eigenvalue weighted by molar-refractivity contribution is 0.947. The van der Waals surface area contributed by atoms with Crippen molar-refractivity contribution in [2.45, 2.75) is 0 Å². The van der Waals surface area contributed by atoms with Crippen molar-refractivity contribution in [2.75, 3.05) is 5.43 Å². The summed E-state index contributed by atoms with van der Waals surface area (Å²) in [7, 11) is 1.89. The van der Waals surface area contributed by atoms with Gasteiger partial charge in [0.2, 0.25) is 5.71 Å². The van der Waals surface area contributed by atoms with Crippen LogP contribution in [0.25, 0.3) is 11.0 Å². The zero-order chi connectivity index (χ0) is 12.3. The summed E-state index contributed by atoms with van der Waals surface area (Å²) in [5, 5.41) is 20.7. The number of nitrogens with one attached hydrogen (secondary N) is 1. The summed E-state index contributed by atoms with van der Waals surface area (Å²) < 4.78 is 1.87. The van der Waals surface area contributed by atoms with E-state index in [1.807, 2.05) is 23.7 Å². The SMILES string of the molecule is Cn1cnc2ccc(NN=C(C#N)C#N)cc21. The molecule has 0 amide bonds. The van der Waals surface area contributed by atoms with Crippen molar-refractivity contribution in [2.24, 2.45) is 12.1 Å². The van der Waals surface area contributed by atoms with E-state index in [9.17, 15) is 0 Å². The van der Waals surface area contributed by atoms with Crippen molar-refractivity contribution in [1.82, 2.24) is 9.55 Å². The maximum Gasteiger partial charge on any atom is 0.237 e. The standard InChI is InChI=1S/C11H8N6/c1-17-7-14-10-3-2-8(4-11(10)17)15-16-9(5-12)6-13/h2-4,7,15H,1H3. The van der Waals surface area contributed by atoms with Crippen LogP contribution in [0.5, 0.6) is 0 Å². The molecule has 0 aliphatic carbocycles. The zero-order valence-electron chi connectivity index (χ0n) is 9.05. The maximum absolute atomic E-state index is 8.53. The molecule has 0 bridgehead atoms. The molecular weight excluding hydrogens is 216 g/mol. The Hall–Kier alpha value is -2.86. The number of imidazole rings is 1. The zero-order valence-corrected chi connectivity index (χ0v) is 9.05. The van der Waals surface area contributed by atoms with Crippen molar-refractivity contribution in [3.8, 4) is 12.1 Å². The van der Waals surface area contributed by atoms with Gasteiger partial charge >= 0.3 is 0 Å². The Balaban J connectivity index is 2.32. The molecule has 0 spiro atoms. The minimum absolute atomic E-state index is 0.213. The molecule has 6 heteroatoms. The summed E-state index contributed by atoms with van der Waals surface area (Å²) in [6.07, 6.45) is 1.72. The predicted octanol–water partition coefficient (Wildman–Crippen LogP) is 1.39. The van der Waals surface area contributed by atoms with Crippen LogP contribution in [0.2, 0.25) is 0 Å². The highest BCUT2D eigenvalue weighted by Gasteiger charge is 2.00. The first-order valence-corrected chi connectivity index (χ1v) is 4.79. The Morgan fingerprint density at radius 3 is 2.88 bits per heavy atom. The summed E-state index contributed by atoms with van der Waals surface area (Å²) >= 11 is 0. The normalized spacial score (nSPS) is 9.35. The number of hydrogen-bond donors (Lipinski definition) is 1. The van der Waals surface area contributed by atoms with E-state index < -0.39 is 0 Å². The summed E-state index contributed by atoms with van der Waals surface area (Å²) in [6, 6.07) is 8.82. The van der Waals surface area contributed by atoms with Gasteiger partial charge in [-0.15, -0.1) is 0 Å². The number of hydrazone groups is 1. The second-order valence-corrected chi connectivity index (χ2v) is 3.35. The van der Waals surface area contributed by atoms with Crippen molar-refractivity contribution in [3.63, 3.8) is 0 Å². The van der Waals surface area contributed by atoms with Crippen LogP contribution in [0, 0.1) is 22.7 Å². The van der Waals surface area contributed by atoms with Crippen molar-refractivity contribution >= 4 is 22.4 Å². The van der Waals surface area contributed by atoms with E-state index in [1.165, 1.54) is 0 Å². The molecular formula is C11H8N6. The molecule has 82 valence electrons. The van der Waals surface area contributed by atoms with Gasteiger partial charge < -0.3 is 4.57 Å². The van der Waals surface area contributed by atoms with Gasteiger partial charge in [0.1, 0.15) is 12.1 Å². The van der Waals surface area contributed by atoms with Gasteiger partial charge in [-0.25, -0.2) is 4.98 Å². The molecule has 0 aliphatic heterocycles. The smallest absolute Gasteiger partial charge is 0.237 e. The Labute approximate surface area is 97.4 Å². The second kappa shape index (κ2) is 4.33. The molecule has 0 saturated heterocycles. The van der Waals surface area contributed by atoms with Gasteiger partial charge in [-0.1, -0.05) is 0 Å². The minimum Gasteiger partial charge on any atom is -0.334 e. The largest absolute Gasteiger partial charge is 0.334 e. The van der Waals surface area contributed by atoms with Crippen molar-refractivity contribution in [3.05, 3.63) is 24.5 Å². The van der Waals surface area contributed by atoms with Crippen LogP contribution in [0.1, 0.15) is 0 Å². The van der Waals surface area contributed by atoms with E-state index in [0.29, 0.717) is 5.69 Å². The topological polar surface area (TPSA) is 89.8 Å². The summed E-state index contributed by atoms with van der Waals surface area (Å²) in [5.74, 6) is 0. The van der Waals surface area contributed by atoms with Crippen LogP contribution >= 0.6 is 0 Å². The van der Waals surface area contributed by atoms with Crippen LogP contribution in [0.4, 0.5) is 5.69 Å². The Morgan fingerprint density at radius 2 is 2.18 bits per heavy atom. The van der Waals surface area contributed by atoms with Crippen LogP contribution in [-0.2, 0) is 7.05 Å². The lowest BCUT2D eigenvalue weighted by Crippen LogP contribution is -1.96. The number of aromatic nitrogens is 2. The number of rotatable bonds is 2. The van der Waals surface area contributed by atoms with Crippen LogP contribution in [-0.4, -0.2) is 15.3 Å². The summed E-state index contributed by atoms with van der Waals surface area (Å²) in [4.78, 5) is 4.18. The van der Waals surface area contributed by atoms with Gasteiger partial charge in [0.05, 0.1) is 23.0 Å². The third-order valence-corrected chi connectivity index (χ3v) is 2.23. The van der Waals surface area contributed by atoms with Crippen LogP contribution in [0.15, 0.2) is 29.6 Å². The molecule has 2 aromatic rings. The monoisotopic (exact) mass is 224 g/mol. The number of anilines is 1. The Kier molecular flexibility index (Phi) is 2.71. The number of fused-ring (bicyclic) bond motifs is 1. The van der Waals surface area contributed by atoms with E-state index in [-0.39, 0.29) is 5.71 Å². The molecule has 1 aromatic carbocycles. The molecule has 1 N–H and O–H groups in total. The molecule has 0 radical (unpaired) electrons. The molecule has 17 heavy (non-hydrogen) atoms. The highest BCUT2D eigenvalue weighted by Crippen LogP contribution is 2.17. The van der Waals surface area contributed by atoms with E-state index in [1.54, 1.807) is 24.5 Å². The van der Waals surface area contributed by atoms with Gasteiger partial charge in [0.25, 0.3) is 0 Å². The third kappa shape index (κ3) is 2.06. The van der Waals surface area contributed by atoms with Gasteiger partial charge in [-0.3, -0.25) is 5.43 Å². The van der Waals surface area contributed by atoms with Gasteiger partial charge in [-0.2, -0.15) is 15.6 Å². The molecule has 1 aromatic heterocycles. The quantitative estimate of drug-likeness (QED) is 0.616. The molecule has 2 rings (SSSR count). The molecule has 0 saturated carbocycles. The van der Waals surface area contributed by atoms with Crippen LogP contribution in [0.3, 0.4) is 0 Å². The lowest BCUT2D eigenvalue weighted by atomic mass is 10.3. The second-order valence-electron chi connectivity index (χ2n) is 3.35. The van der Waals surface area contributed by atoms with E-state index >= 15 is 0 Å². The number of benzene rings is 1. The molecule has 0 aliphatic rings. The average molecular weight is 224 g/mol. The first-order valence-electron chi connectivity index (χ1n) is 4.79. The fraction of sp³-hybridized carbons (Fsp3) is 0.0909.